The number of piperazine rings is 1. The number of fused-ring (bicyclic) bond motifs is 1. The summed E-state index contributed by atoms with van der Waals surface area (Å²) >= 11 is 0. The van der Waals surface area contributed by atoms with Gasteiger partial charge in [0.05, 0.1) is 0 Å². The molecule has 116 valence electrons. The van der Waals surface area contributed by atoms with Gasteiger partial charge in [0.2, 0.25) is 0 Å². The minimum Gasteiger partial charge on any atom is -0.297 e. The lowest BCUT2D eigenvalue weighted by atomic mass is 9.92. The number of rotatable bonds is 4. The molecule has 0 radical (unpaired) electrons. The van der Waals surface area contributed by atoms with Gasteiger partial charge < -0.3 is 0 Å². The summed E-state index contributed by atoms with van der Waals surface area (Å²) in [5, 5.41) is 0. The quantitative estimate of drug-likeness (QED) is 0.827. The molecular weight excluding hydrogens is 256 g/mol. The Bertz CT molecular complexity index is 442. The van der Waals surface area contributed by atoms with E-state index in [0.717, 1.165) is 12.0 Å². The van der Waals surface area contributed by atoms with Gasteiger partial charge in [-0.15, -0.1) is 0 Å². The topological polar surface area (TPSA) is 6.48 Å². The van der Waals surface area contributed by atoms with E-state index < -0.39 is 0 Å². The van der Waals surface area contributed by atoms with Crippen molar-refractivity contribution in [3.05, 3.63) is 35.9 Å². The van der Waals surface area contributed by atoms with Gasteiger partial charge >= 0.3 is 0 Å². The van der Waals surface area contributed by atoms with Gasteiger partial charge in [-0.25, -0.2) is 0 Å². The number of benzene rings is 1. The van der Waals surface area contributed by atoms with Crippen LogP contribution in [0.1, 0.15) is 51.6 Å². The molecule has 21 heavy (non-hydrogen) atoms. The average molecular weight is 286 g/mol. The van der Waals surface area contributed by atoms with Gasteiger partial charge in [0.25, 0.3) is 0 Å². The minimum absolute atomic E-state index is 0.577. The third-order valence-corrected chi connectivity index (χ3v) is 5.53. The van der Waals surface area contributed by atoms with Gasteiger partial charge in [-0.05, 0) is 37.3 Å². The van der Waals surface area contributed by atoms with Gasteiger partial charge in [0, 0.05) is 31.2 Å². The first-order valence-electron chi connectivity index (χ1n) is 8.75. The first-order valence-corrected chi connectivity index (χ1v) is 8.75. The lowest BCUT2D eigenvalue weighted by molar-refractivity contribution is 0.00318. The van der Waals surface area contributed by atoms with Crippen molar-refractivity contribution in [1.29, 1.82) is 0 Å². The maximum absolute atomic E-state index is 2.83. The molecule has 1 aromatic rings. The van der Waals surface area contributed by atoms with Crippen LogP contribution in [0.4, 0.5) is 0 Å². The molecule has 0 aliphatic carbocycles. The highest BCUT2D eigenvalue weighted by molar-refractivity contribution is 5.21. The fourth-order valence-electron chi connectivity index (χ4n) is 4.47. The Balaban J connectivity index is 1.88. The second kappa shape index (κ2) is 6.50. The molecule has 3 atom stereocenters. The molecule has 1 aromatic carbocycles. The van der Waals surface area contributed by atoms with E-state index in [1.165, 1.54) is 44.5 Å². The lowest BCUT2D eigenvalue weighted by Crippen LogP contribution is -2.56. The van der Waals surface area contributed by atoms with Gasteiger partial charge in [0.1, 0.15) is 0 Å². The number of nitrogens with zero attached hydrogens (tertiary/aromatic N) is 2. The first-order chi connectivity index (χ1) is 10.2. The fourth-order valence-corrected chi connectivity index (χ4v) is 4.47. The van der Waals surface area contributed by atoms with E-state index in [4.69, 9.17) is 0 Å². The molecule has 0 amide bonds. The van der Waals surface area contributed by atoms with Gasteiger partial charge in [-0.2, -0.15) is 0 Å². The van der Waals surface area contributed by atoms with Crippen molar-refractivity contribution in [3.8, 4) is 0 Å². The van der Waals surface area contributed by atoms with Gasteiger partial charge in [-0.1, -0.05) is 51.1 Å². The highest BCUT2D eigenvalue weighted by Gasteiger charge is 2.39. The van der Waals surface area contributed by atoms with E-state index in [0.29, 0.717) is 12.1 Å². The van der Waals surface area contributed by atoms with Crippen molar-refractivity contribution in [1.82, 2.24) is 9.80 Å². The number of hydrogen-bond acceptors (Lipinski definition) is 2. The smallest absolute Gasteiger partial charge is 0.0479 e. The highest BCUT2D eigenvalue weighted by Crippen LogP contribution is 2.35. The van der Waals surface area contributed by atoms with E-state index in [9.17, 15) is 0 Å². The molecule has 0 bridgehead atoms. The molecule has 2 nitrogen and oxygen atoms in total. The van der Waals surface area contributed by atoms with Crippen molar-refractivity contribution in [2.45, 2.75) is 58.2 Å². The normalized spacial score (nSPS) is 28.8. The molecule has 2 aliphatic rings. The third kappa shape index (κ3) is 3.02. The second-order valence-electron chi connectivity index (χ2n) is 7.13. The standard InChI is InChI=1S/C19H30N2/c1-4-18(15(2)3)21-13-17-11-8-12-20(17)14-19(21)16-9-6-5-7-10-16/h5-7,9-10,15,17-19H,4,8,11-14H2,1-3H3. The summed E-state index contributed by atoms with van der Waals surface area (Å²) in [6.07, 6.45) is 4.04. The Hall–Kier alpha value is -0.860. The lowest BCUT2D eigenvalue weighted by Gasteiger charge is -2.48. The van der Waals surface area contributed by atoms with Crippen LogP contribution in [-0.2, 0) is 0 Å². The van der Waals surface area contributed by atoms with Crippen LogP contribution in [0.25, 0.3) is 0 Å². The van der Waals surface area contributed by atoms with Crippen molar-refractivity contribution in [2.75, 3.05) is 19.6 Å². The van der Waals surface area contributed by atoms with E-state index in [2.05, 4.69) is 60.9 Å². The summed E-state index contributed by atoms with van der Waals surface area (Å²) in [6, 6.07) is 13.3. The van der Waals surface area contributed by atoms with E-state index in [1.807, 2.05) is 0 Å². The predicted molar refractivity (Wildman–Crippen MR) is 89.4 cm³/mol. The van der Waals surface area contributed by atoms with Crippen LogP contribution in [-0.4, -0.2) is 41.5 Å². The summed E-state index contributed by atoms with van der Waals surface area (Å²) < 4.78 is 0. The van der Waals surface area contributed by atoms with Crippen molar-refractivity contribution in [2.24, 2.45) is 5.92 Å². The van der Waals surface area contributed by atoms with Crippen molar-refractivity contribution < 1.29 is 0 Å². The zero-order valence-corrected chi connectivity index (χ0v) is 13.8. The zero-order chi connectivity index (χ0) is 14.8. The van der Waals surface area contributed by atoms with Crippen LogP contribution in [0.2, 0.25) is 0 Å². The Kier molecular flexibility index (Phi) is 4.66. The van der Waals surface area contributed by atoms with Crippen LogP contribution in [0.3, 0.4) is 0 Å². The van der Waals surface area contributed by atoms with Crippen molar-refractivity contribution in [3.63, 3.8) is 0 Å². The molecule has 3 rings (SSSR count). The molecule has 0 saturated carbocycles. The molecule has 2 heteroatoms. The van der Waals surface area contributed by atoms with Crippen LogP contribution >= 0.6 is 0 Å². The van der Waals surface area contributed by atoms with Gasteiger partial charge in [-0.3, -0.25) is 9.80 Å². The van der Waals surface area contributed by atoms with Crippen molar-refractivity contribution >= 4 is 0 Å². The Labute approximate surface area is 130 Å². The Morgan fingerprint density at radius 3 is 2.57 bits per heavy atom. The maximum Gasteiger partial charge on any atom is 0.0479 e. The number of hydrogen-bond donors (Lipinski definition) is 0. The average Bonchev–Trinajstić information content (AvgIpc) is 2.95. The molecule has 2 heterocycles. The first kappa shape index (κ1) is 15.1. The minimum atomic E-state index is 0.577. The molecule has 0 spiro atoms. The molecular formula is C19H30N2. The van der Waals surface area contributed by atoms with Crippen LogP contribution in [0.5, 0.6) is 0 Å². The molecule has 2 fully saturated rings. The largest absolute Gasteiger partial charge is 0.297 e. The fraction of sp³-hybridized carbons (Fsp3) is 0.684. The summed E-state index contributed by atoms with van der Waals surface area (Å²) in [5.41, 5.74) is 1.50. The SMILES string of the molecule is CCC(C(C)C)N1CC2CCCN2CC1c1ccccc1. The van der Waals surface area contributed by atoms with E-state index >= 15 is 0 Å². The van der Waals surface area contributed by atoms with E-state index in [-0.39, 0.29) is 0 Å². The third-order valence-electron chi connectivity index (χ3n) is 5.53. The summed E-state index contributed by atoms with van der Waals surface area (Å²) in [4.78, 5) is 5.56. The summed E-state index contributed by atoms with van der Waals surface area (Å²) in [5.74, 6) is 0.731. The highest BCUT2D eigenvalue weighted by atomic mass is 15.3. The van der Waals surface area contributed by atoms with Crippen LogP contribution in [0.15, 0.2) is 30.3 Å². The second-order valence-corrected chi connectivity index (χ2v) is 7.13. The summed E-state index contributed by atoms with van der Waals surface area (Å²) in [7, 11) is 0. The molecule has 3 unspecified atom stereocenters. The predicted octanol–water partition coefficient (Wildman–Crippen LogP) is 3.94. The summed E-state index contributed by atoms with van der Waals surface area (Å²) in [6.45, 7) is 10.9. The molecule has 2 aliphatic heterocycles. The Morgan fingerprint density at radius 2 is 1.90 bits per heavy atom. The zero-order valence-electron chi connectivity index (χ0n) is 13.8. The maximum atomic E-state index is 2.83. The molecule has 0 N–H and O–H groups in total. The molecule has 0 aromatic heterocycles. The van der Waals surface area contributed by atoms with Crippen LogP contribution < -0.4 is 0 Å². The van der Waals surface area contributed by atoms with Crippen LogP contribution in [0, 0.1) is 5.92 Å². The Morgan fingerprint density at radius 1 is 1.14 bits per heavy atom. The van der Waals surface area contributed by atoms with Gasteiger partial charge in [0.15, 0.2) is 0 Å². The molecule has 2 saturated heterocycles. The monoisotopic (exact) mass is 286 g/mol. The van der Waals surface area contributed by atoms with E-state index in [1.54, 1.807) is 0 Å².